The summed E-state index contributed by atoms with van der Waals surface area (Å²) in [5.74, 6) is -1.29. The molecule has 1 atom stereocenters. The van der Waals surface area contributed by atoms with Crippen LogP contribution in [0.3, 0.4) is 0 Å². The largest absolute Gasteiger partial charge is 0.357 e. The normalized spacial score (nSPS) is 16.6. The van der Waals surface area contributed by atoms with Crippen LogP contribution in [0.15, 0.2) is 41.6 Å². The van der Waals surface area contributed by atoms with Gasteiger partial charge >= 0.3 is 0 Å². The van der Waals surface area contributed by atoms with Gasteiger partial charge in [0.2, 0.25) is 10.0 Å². The number of nitrogens with one attached hydrogen (secondary N) is 1. The van der Waals surface area contributed by atoms with Gasteiger partial charge in [-0.1, -0.05) is 0 Å². The summed E-state index contributed by atoms with van der Waals surface area (Å²) in [5.41, 5.74) is 1.04. The lowest BCUT2D eigenvalue weighted by Gasteiger charge is -2.17. The molecular formula is C18H22FN3O3S. The number of sulfonamides is 1. The fourth-order valence-corrected chi connectivity index (χ4v) is 4.66. The molecule has 140 valence electrons. The number of halogens is 1. The number of rotatable bonds is 5. The first-order valence-electron chi connectivity index (χ1n) is 8.51. The number of hydrogen-bond donors (Lipinski definition) is 1. The zero-order chi connectivity index (χ0) is 18.9. The van der Waals surface area contributed by atoms with Crippen LogP contribution in [-0.2, 0) is 17.1 Å². The minimum atomic E-state index is -3.93. The van der Waals surface area contributed by atoms with Gasteiger partial charge in [-0.2, -0.15) is 4.31 Å². The van der Waals surface area contributed by atoms with Gasteiger partial charge in [0, 0.05) is 38.1 Å². The van der Waals surface area contributed by atoms with E-state index in [0.717, 1.165) is 30.5 Å². The maximum atomic E-state index is 14.2. The van der Waals surface area contributed by atoms with Gasteiger partial charge in [0.15, 0.2) is 0 Å². The molecule has 1 fully saturated rings. The van der Waals surface area contributed by atoms with Crippen LogP contribution in [0, 0.1) is 5.82 Å². The molecule has 1 saturated heterocycles. The third-order valence-electron chi connectivity index (χ3n) is 4.58. The summed E-state index contributed by atoms with van der Waals surface area (Å²) in [6.07, 6.45) is 5.28. The number of amides is 1. The molecule has 1 N–H and O–H groups in total. The van der Waals surface area contributed by atoms with Crippen molar-refractivity contribution >= 4 is 15.9 Å². The molecule has 0 radical (unpaired) electrons. The number of nitrogens with zero attached hydrogens (tertiary/aromatic N) is 2. The maximum absolute atomic E-state index is 14.2. The lowest BCUT2D eigenvalue weighted by Crippen LogP contribution is -2.30. The van der Waals surface area contributed by atoms with E-state index in [1.165, 1.54) is 10.4 Å². The minimum Gasteiger partial charge on any atom is -0.357 e. The van der Waals surface area contributed by atoms with Gasteiger partial charge in [0.05, 0.1) is 6.04 Å². The number of aromatic nitrogens is 1. The molecule has 6 nitrogen and oxygen atoms in total. The fraction of sp³-hybridized carbons (Fsp3) is 0.389. The lowest BCUT2D eigenvalue weighted by atomic mass is 10.1. The molecule has 0 aliphatic carbocycles. The van der Waals surface area contributed by atoms with Crippen LogP contribution < -0.4 is 5.32 Å². The second-order valence-corrected chi connectivity index (χ2v) is 8.47. The van der Waals surface area contributed by atoms with Gasteiger partial charge in [0.25, 0.3) is 5.91 Å². The third kappa shape index (κ3) is 3.66. The van der Waals surface area contributed by atoms with E-state index in [9.17, 15) is 17.6 Å². The molecule has 1 aliphatic heterocycles. The Hall–Kier alpha value is -2.19. The molecule has 1 aliphatic rings. The Morgan fingerprint density at radius 1 is 1.23 bits per heavy atom. The molecule has 0 saturated carbocycles. The van der Waals surface area contributed by atoms with Crippen molar-refractivity contribution in [3.63, 3.8) is 0 Å². The monoisotopic (exact) mass is 379 g/mol. The van der Waals surface area contributed by atoms with Crippen molar-refractivity contribution in [2.24, 2.45) is 7.05 Å². The van der Waals surface area contributed by atoms with E-state index in [0.29, 0.717) is 13.1 Å². The molecule has 1 unspecified atom stereocenters. The summed E-state index contributed by atoms with van der Waals surface area (Å²) in [5, 5.41) is 2.81. The van der Waals surface area contributed by atoms with Gasteiger partial charge in [-0.25, -0.2) is 12.8 Å². The molecule has 0 bridgehead atoms. The summed E-state index contributed by atoms with van der Waals surface area (Å²) in [6, 6.07) is 5.08. The number of aryl methyl sites for hydroxylation is 1. The van der Waals surface area contributed by atoms with Crippen molar-refractivity contribution in [2.45, 2.75) is 30.7 Å². The van der Waals surface area contributed by atoms with E-state index in [4.69, 9.17) is 0 Å². The van der Waals surface area contributed by atoms with E-state index in [1.807, 2.05) is 37.0 Å². The average molecular weight is 379 g/mol. The Kier molecular flexibility index (Phi) is 5.15. The topological polar surface area (TPSA) is 71.4 Å². The van der Waals surface area contributed by atoms with E-state index >= 15 is 0 Å². The van der Waals surface area contributed by atoms with E-state index < -0.39 is 26.6 Å². The number of benzene rings is 1. The van der Waals surface area contributed by atoms with Crippen LogP contribution in [-0.4, -0.2) is 36.3 Å². The van der Waals surface area contributed by atoms with Crippen molar-refractivity contribution < 1.29 is 17.6 Å². The zero-order valence-corrected chi connectivity index (χ0v) is 15.6. The van der Waals surface area contributed by atoms with Crippen molar-refractivity contribution in [1.29, 1.82) is 0 Å². The molecule has 1 aromatic heterocycles. The number of carbonyl (C=O) groups is 1. The fourth-order valence-electron chi connectivity index (χ4n) is 3.05. The summed E-state index contributed by atoms with van der Waals surface area (Å²) in [6.45, 7) is 2.59. The Morgan fingerprint density at radius 2 is 1.92 bits per heavy atom. The average Bonchev–Trinajstić information content (AvgIpc) is 3.26. The van der Waals surface area contributed by atoms with Crippen LogP contribution in [0.2, 0.25) is 0 Å². The highest BCUT2D eigenvalue weighted by Gasteiger charge is 2.30. The van der Waals surface area contributed by atoms with Gasteiger partial charge in [0.1, 0.15) is 10.7 Å². The van der Waals surface area contributed by atoms with Gasteiger partial charge in [-0.15, -0.1) is 0 Å². The van der Waals surface area contributed by atoms with Crippen LogP contribution in [0.4, 0.5) is 4.39 Å². The van der Waals surface area contributed by atoms with Gasteiger partial charge < -0.3 is 9.88 Å². The first kappa shape index (κ1) is 18.6. The predicted molar refractivity (Wildman–Crippen MR) is 95.7 cm³/mol. The van der Waals surface area contributed by atoms with Gasteiger partial charge in [-0.05, 0) is 49.6 Å². The van der Waals surface area contributed by atoms with E-state index in [1.54, 1.807) is 0 Å². The second kappa shape index (κ2) is 7.20. The molecule has 26 heavy (non-hydrogen) atoms. The Bertz CT molecular complexity index is 918. The zero-order valence-electron chi connectivity index (χ0n) is 14.8. The van der Waals surface area contributed by atoms with E-state index in [-0.39, 0.29) is 11.6 Å². The summed E-state index contributed by atoms with van der Waals surface area (Å²) in [7, 11) is -2.05. The highest BCUT2D eigenvalue weighted by Crippen LogP contribution is 2.24. The number of hydrogen-bond acceptors (Lipinski definition) is 3. The number of carbonyl (C=O) groups excluding carboxylic acids is 1. The van der Waals surface area contributed by atoms with Crippen LogP contribution >= 0.6 is 0 Å². The van der Waals surface area contributed by atoms with Crippen LogP contribution in [0.25, 0.3) is 0 Å². The molecule has 1 aromatic carbocycles. The molecule has 2 aromatic rings. The quantitative estimate of drug-likeness (QED) is 0.867. The molecule has 0 spiro atoms. The smallest absolute Gasteiger partial charge is 0.251 e. The van der Waals surface area contributed by atoms with Crippen LogP contribution in [0.5, 0.6) is 0 Å². The molecular weight excluding hydrogens is 357 g/mol. The molecule has 1 amide bonds. The third-order valence-corrected chi connectivity index (χ3v) is 6.49. The highest BCUT2D eigenvalue weighted by atomic mass is 32.2. The minimum absolute atomic E-state index is 0.118. The summed E-state index contributed by atoms with van der Waals surface area (Å²) >= 11 is 0. The maximum Gasteiger partial charge on any atom is 0.251 e. The summed E-state index contributed by atoms with van der Waals surface area (Å²) in [4.78, 5) is 12.1. The molecule has 3 rings (SSSR count). The van der Waals surface area contributed by atoms with Crippen LogP contribution in [0.1, 0.15) is 41.7 Å². The Morgan fingerprint density at radius 3 is 2.54 bits per heavy atom. The van der Waals surface area contributed by atoms with Crippen molar-refractivity contribution in [3.8, 4) is 0 Å². The van der Waals surface area contributed by atoms with Crippen molar-refractivity contribution in [3.05, 3.63) is 53.6 Å². The molecule has 2 heterocycles. The SMILES string of the molecule is CC(NC(=O)c1ccc(F)c(S(=O)(=O)N2CCCC2)c1)c1ccn(C)c1. The first-order chi connectivity index (χ1) is 12.3. The van der Waals surface area contributed by atoms with E-state index in [2.05, 4.69) is 5.32 Å². The first-order valence-corrected chi connectivity index (χ1v) is 9.95. The van der Waals surface area contributed by atoms with Crippen molar-refractivity contribution in [1.82, 2.24) is 14.2 Å². The Balaban J connectivity index is 1.83. The second-order valence-electron chi connectivity index (χ2n) is 6.56. The predicted octanol–water partition coefficient (Wildman–Crippen LogP) is 2.44. The van der Waals surface area contributed by atoms with Crippen molar-refractivity contribution in [2.75, 3.05) is 13.1 Å². The standard InChI is InChI=1S/C18H22FN3O3S/c1-13(15-7-10-21(2)12-15)20-18(23)14-5-6-16(19)17(11-14)26(24,25)22-8-3-4-9-22/h5-7,10-13H,3-4,8-9H2,1-2H3,(H,20,23). The molecule has 8 heteroatoms. The van der Waals surface area contributed by atoms with Gasteiger partial charge in [-0.3, -0.25) is 4.79 Å². The Labute approximate surface area is 152 Å². The summed E-state index contributed by atoms with van der Waals surface area (Å²) < 4.78 is 42.6. The highest BCUT2D eigenvalue weighted by molar-refractivity contribution is 7.89. The lowest BCUT2D eigenvalue weighted by molar-refractivity contribution is 0.0939.